The SMILES string of the molecule is Cc1cccc(CCc2nnnn2C(C)C(=O)O)c1. The van der Waals surface area contributed by atoms with Gasteiger partial charge < -0.3 is 5.11 Å². The van der Waals surface area contributed by atoms with Crippen LogP contribution in [0.3, 0.4) is 0 Å². The van der Waals surface area contributed by atoms with Gasteiger partial charge in [-0.05, 0) is 36.3 Å². The first-order chi connectivity index (χ1) is 9.08. The zero-order chi connectivity index (χ0) is 13.8. The maximum Gasteiger partial charge on any atom is 0.328 e. The number of nitrogens with zero attached hydrogens (tertiary/aromatic N) is 4. The molecule has 1 N–H and O–H groups in total. The fourth-order valence-corrected chi connectivity index (χ4v) is 1.91. The van der Waals surface area contributed by atoms with Crippen molar-refractivity contribution in [3.8, 4) is 0 Å². The average molecular weight is 260 g/mol. The molecule has 0 spiro atoms. The predicted octanol–water partition coefficient (Wildman–Crippen LogP) is 1.41. The first kappa shape index (κ1) is 13.2. The van der Waals surface area contributed by atoms with Crippen LogP contribution in [0.2, 0.25) is 0 Å². The van der Waals surface area contributed by atoms with E-state index in [2.05, 4.69) is 21.6 Å². The highest BCUT2D eigenvalue weighted by Gasteiger charge is 2.18. The average Bonchev–Trinajstić information content (AvgIpc) is 2.83. The molecule has 1 unspecified atom stereocenters. The third kappa shape index (κ3) is 3.15. The van der Waals surface area contributed by atoms with Crippen LogP contribution in [0, 0.1) is 6.92 Å². The summed E-state index contributed by atoms with van der Waals surface area (Å²) in [6.45, 7) is 3.61. The summed E-state index contributed by atoms with van der Waals surface area (Å²) < 4.78 is 1.36. The van der Waals surface area contributed by atoms with Crippen molar-refractivity contribution in [2.75, 3.05) is 0 Å². The Bertz CT molecular complexity index is 580. The molecule has 0 aliphatic heterocycles. The Morgan fingerprint density at radius 3 is 2.89 bits per heavy atom. The number of tetrazole rings is 1. The number of aromatic nitrogens is 4. The summed E-state index contributed by atoms with van der Waals surface area (Å²) in [7, 11) is 0. The van der Waals surface area contributed by atoms with E-state index in [1.807, 2.05) is 25.1 Å². The normalized spacial score (nSPS) is 12.3. The molecule has 2 aromatic rings. The highest BCUT2D eigenvalue weighted by molar-refractivity contribution is 5.71. The van der Waals surface area contributed by atoms with Crippen LogP contribution < -0.4 is 0 Å². The minimum absolute atomic E-state index is 0.594. The van der Waals surface area contributed by atoms with E-state index in [0.717, 1.165) is 6.42 Å². The molecule has 0 aliphatic rings. The Labute approximate surface area is 111 Å². The standard InChI is InChI=1S/C13H16N4O2/c1-9-4-3-5-11(8-9)6-7-12-14-15-16-17(12)10(2)13(18)19/h3-5,8,10H,6-7H2,1-2H3,(H,18,19). The van der Waals surface area contributed by atoms with Crippen molar-refractivity contribution in [2.45, 2.75) is 32.7 Å². The second-order valence-corrected chi connectivity index (χ2v) is 4.54. The van der Waals surface area contributed by atoms with Crippen LogP contribution >= 0.6 is 0 Å². The van der Waals surface area contributed by atoms with Gasteiger partial charge in [0.15, 0.2) is 5.82 Å². The molecule has 0 bridgehead atoms. The maximum absolute atomic E-state index is 11.0. The minimum atomic E-state index is -0.941. The Balaban J connectivity index is 2.08. The summed E-state index contributed by atoms with van der Waals surface area (Å²) in [5.41, 5.74) is 2.40. The highest BCUT2D eigenvalue weighted by Crippen LogP contribution is 2.10. The molecule has 1 aromatic carbocycles. The number of rotatable bonds is 5. The number of carboxylic acid groups (broad SMARTS) is 1. The van der Waals surface area contributed by atoms with Gasteiger partial charge in [0, 0.05) is 6.42 Å². The first-order valence-corrected chi connectivity index (χ1v) is 6.13. The van der Waals surface area contributed by atoms with Gasteiger partial charge in [-0.3, -0.25) is 0 Å². The lowest BCUT2D eigenvalue weighted by Crippen LogP contribution is -2.19. The summed E-state index contributed by atoms with van der Waals surface area (Å²) in [5, 5.41) is 20.2. The van der Waals surface area contributed by atoms with E-state index in [4.69, 9.17) is 5.11 Å². The molecule has 1 heterocycles. The van der Waals surface area contributed by atoms with Crippen LogP contribution in [0.5, 0.6) is 0 Å². The Hall–Kier alpha value is -2.24. The molecule has 0 radical (unpaired) electrons. The van der Waals surface area contributed by atoms with Gasteiger partial charge in [-0.1, -0.05) is 29.8 Å². The van der Waals surface area contributed by atoms with Crippen molar-refractivity contribution in [3.05, 3.63) is 41.2 Å². The predicted molar refractivity (Wildman–Crippen MR) is 68.8 cm³/mol. The fraction of sp³-hybridized carbons (Fsp3) is 0.385. The van der Waals surface area contributed by atoms with Crippen LogP contribution in [0.1, 0.15) is 29.9 Å². The van der Waals surface area contributed by atoms with E-state index in [0.29, 0.717) is 12.2 Å². The molecule has 1 aromatic heterocycles. The van der Waals surface area contributed by atoms with E-state index in [9.17, 15) is 4.79 Å². The number of carboxylic acids is 1. The summed E-state index contributed by atoms with van der Waals surface area (Å²) in [6.07, 6.45) is 1.41. The minimum Gasteiger partial charge on any atom is -0.480 e. The van der Waals surface area contributed by atoms with E-state index >= 15 is 0 Å². The largest absolute Gasteiger partial charge is 0.480 e. The van der Waals surface area contributed by atoms with Gasteiger partial charge in [0.2, 0.25) is 0 Å². The van der Waals surface area contributed by atoms with Gasteiger partial charge >= 0.3 is 5.97 Å². The number of carbonyl (C=O) groups is 1. The molecule has 0 amide bonds. The quantitative estimate of drug-likeness (QED) is 0.879. The van der Waals surface area contributed by atoms with Crippen LogP contribution in [-0.2, 0) is 17.6 Å². The smallest absolute Gasteiger partial charge is 0.328 e. The Kier molecular flexibility index (Phi) is 3.89. The van der Waals surface area contributed by atoms with Crippen molar-refractivity contribution < 1.29 is 9.90 Å². The van der Waals surface area contributed by atoms with Crippen LogP contribution in [0.25, 0.3) is 0 Å². The molecule has 6 nitrogen and oxygen atoms in total. The number of hydrogen-bond acceptors (Lipinski definition) is 4. The number of benzene rings is 1. The number of aryl methyl sites for hydroxylation is 3. The lowest BCUT2D eigenvalue weighted by Gasteiger charge is -2.08. The van der Waals surface area contributed by atoms with Crippen LogP contribution in [0.4, 0.5) is 0 Å². The zero-order valence-electron chi connectivity index (χ0n) is 10.9. The lowest BCUT2D eigenvalue weighted by molar-refractivity contribution is -0.140. The maximum atomic E-state index is 11.0. The summed E-state index contributed by atoms with van der Waals surface area (Å²) in [5.74, 6) is -0.347. The molecule has 1 atom stereocenters. The van der Waals surface area contributed by atoms with Crippen molar-refractivity contribution in [3.63, 3.8) is 0 Å². The molecule has 0 fully saturated rings. The van der Waals surface area contributed by atoms with Gasteiger partial charge in [0.05, 0.1) is 0 Å². The second kappa shape index (κ2) is 5.60. The van der Waals surface area contributed by atoms with E-state index in [1.54, 1.807) is 6.92 Å². The van der Waals surface area contributed by atoms with Crippen molar-refractivity contribution in [2.24, 2.45) is 0 Å². The van der Waals surface area contributed by atoms with Gasteiger partial charge in [0.25, 0.3) is 0 Å². The van der Waals surface area contributed by atoms with Gasteiger partial charge in [-0.25, -0.2) is 9.48 Å². The molecule has 0 aliphatic carbocycles. The zero-order valence-corrected chi connectivity index (χ0v) is 10.9. The monoisotopic (exact) mass is 260 g/mol. The highest BCUT2D eigenvalue weighted by atomic mass is 16.4. The van der Waals surface area contributed by atoms with E-state index < -0.39 is 12.0 Å². The van der Waals surface area contributed by atoms with Gasteiger partial charge in [-0.15, -0.1) is 5.10 Å². The third-order valence-electron chi connectivity index (χ3n) is 3.00. The van der Waals surface area contributed by atoms with Crippen molar-refractivity contribution >= 4 is 5.97 Å². The molecular weight excluding hydrogens is 244 g/mol. The summed E-state index contributed by atoms with van der Waals surface area (Å²) in [6, 6.07) is 7.45. The first-order valence-electron chi connectivity index (χ1n) is 6.13. The van der Waals surface area contributed by atoms with Crippen molar-refractivity contribution in [1.82, 2.24) is 20.2 Å². The Morgan fingerprint density at radius 1 is 1.42 bits per heavy atom. The molecule has 0 saturated carbocycles. The van der Waals surface area contributed by atoms with Crippen LogP contribution in [0.15, 0.2) is 24.3 Å². The molecule has 19 heavy (non-hydrogen) atoms. The Morgan fingerprint density at radius 2 is 2.21 bits per heavy atom. The summed E-state index contributed by atoms with van der Waals surface area (Å²) >= 11 is 0. The second-order valence-electron chi connectivity index (χ2n) is 4.54. The molecular formula is C13H16N4O2. The van der Waals surface area contributed by atoms with Crippen molar-refractivity contribution in [1.29, 1.82) is 0 Å². The lowest BCUT2D eigenvalue weighted by atomic mass is 10.1. The van der Waals surface area contributed by atoms with Gasteiger partial charge in [0.1, 0.15) is 6.04 Å². The fourth-order valence-electron chi connectivity index (χ4n) is 1.91. The topological polar surface area (TPSA) is 80.9 Å². The van der Waals surface area contributed by atoms with Crippen LogP contribution in [-0.4, -0.2) is 31.3 Å². The molecule has 100 valence electrons. The van der Waals surface area contributed by atoms with Gasteiger partial charge in [-0.2, -0.15) is 0 Å². The number of hydrogen-bond donors (Lipinski definition) is 1. The molecule has 6 heteroatoms. The van der Waals surface area contributed by atoms with E-state index in [-0.39, 0.29) is 0 Å². The summed E-state index contributed by atoms with van der Waals surface area (Å²) in [4.78, 5) is 11.0. The number of aliphatic carboxylic acids is 1. The molecule has 2 rings (SSSR count). The third-order valence-corrected chi connectivity index (χ3v) is 3.00. The molecule has 0 saturated heterocycles. The van der Waals surface area contributed by atoms with E-state index in [1.165, 1.54) is 15.8 Å².